The van der Waals surface area contributed by atoms with Crippen LogP contribution in [0.3, 0.4) is 0 Å². The van der Waals surface area contributed by atoms with Gasteiger partial charge in [-0.15, -0.1) is 0 Å². The zero-order valence-electron chi connectivity index (χ0n) is 8.53. The lowest BCUT2D eigenvalue weighted by atomic mass is 10.1. The molecular weight excluding hydrogens is 184 g/mol. The van der Waals surface area contributed by atoms with Gasteiger partial charge in [0.25, 0.3) is 0 Å². The number of Topliss-reactive ketones (excluding diaryl/α,β-unsaturated/α-hetero) is 1. The Morgan fingerprint density at radius 2 is 2.21 bits per heavy atom. The Morgan fingerprint density at radius 1 is 1.57 bits per heavy atom. The highest BCUT2D eigenvalue weighted by Gasteiger charge is 2.35. The van der Waals surface area contributed by atoms with Crippen molar-refractivity contribution in [2.45, 2.75) is 31.8 Å². The van der Waals surface area contributed by atoms with Crippen molar-refractivity contribution in [1.82, 2.24) is 4.90 Å². The lowest BCUT2D eigenvalue weighted by Crippen LogP contribution is -2.46. The number of rotatable bonds is 2. The van der Waals surface area contributed by atoms with Gasteiger partial charge in [0.05, 0.1) is 19.2 Å². The van der Waals surface area contributed by atoms with Gasteiger partial charge in [-0.3, -0.25) is 9.69 Å². The Balaban J connectivity index is 2.68. The SMILES string of the molecule is COC(=O)N1CCCC1C(=O)C(C)N. The van der Waals surface area contributed by atoms with Crippen molar-refractivity contribution in [3.8, 4) is 0 Å². The third-order valence-corrected chi connectivity index (χ3v) is 2.44. The molecule has 1 saturated heterocycles. The van der Waals surface area contributed by atoms with Gasteiger partial charge in [0.1, 0.15) is 0 Å². The average molecular weight is 200 g/mol. The number of carbonyl (C=O) groups excluding carboxylic acids is 2. The number of methoxy groups -OCH3 is 1. The second-order valence-corrected chi connectivity index (χ2v) is 3.51. The number of carbonyl (C=O) groups is 2. The first kappa shape index (κ1) is 11.0. The Labute approximate surface area is 83.2 Å². The van der Waals surface area contributed by atoms with Crippen molar-refractivity contribution < 1.29 is 14.3 Å². The molecule has 5 nitrogen and oxygen atoms in total. The quantitative estimate of drug-likeness (QED) is 0.687. The zero-order chi connectivity index (χ0) is 10.7. The van der Waals surface area contributed by atoms with Crippen molar-refractivity contribution in [3.05, 3.63) is 0 Å². The summed E-state index contributed by atoms with van der Waals surface area (Å²) < 4.78 is 4.59. The van der Waals surface area contributed by atoms with Crippen LogP contribution in [0.15, 0.2) is 0 Å². The summed E-state index contributed by atoms with van der Waals surface area (Å²) in [6.07, 6.45) is 1.08. The molecule has 0 radical (unpaired) electrons. The molecule has 0 spiro atoms. The minimum atomic E-state index is -0.523. The molecule has 80 valence electrons. The smallest absolute Gasteiger partial charge is 0.410 e. The van der Waals surface area contributed by atoms with E-state index >= 15 is 0 Å². The topological polar surface area (TPSA) is 72.6 Å². The maximum absolute atomic E-state index is 11.6. The number of hydrogen-bond donors (Lipinski definition) is 1. The molecule has 1 rings (SSSR count). The van der Waals surface area contributed by atoms with Crippen molar-refractivity contribution in [2.75, 3.05) is 13.7 Å². The van der Waals surface area contributed by atoms with E-state index in [0.29, 0.717) is 13.0 Å². The van der Waals surface area contributed by atoms with Crippen molar-refractivity contribution in [3.63, 3.8) is 0 Å². The van der Waals surface area contributed by atoms with E-state index < -0.39 is 12.1 Å². The highest BCUT2D eigenvalue weighted by atomic mass is 16.5. The summed E-state index contributed by atoms with van der Waals surface area (Å²) >= 11 is 0. The Morgan fingerprint density at radius 3 is 2.71 bits per heavy atom. The van der Waals surface area contributed by atoms with E-state index in [9.17, 15) is 9.59 Å². The molecule has 1 fully saturated rings. The number of nitrogens with zero attached hydrogens (tertiary/aromatic N) is 1. The molecule has 1 heterocycles. The Kier molecular flexibility index (Phi) is 3.46. The Bertz CT molecular complexity index is 240. The molecule has 5 heteroatoms. The van der Waals surface area contributed by atoms with E-state index in [-0.39, 0.29) is 11.8 Å². The fourth-order valence-corrected chi connectivity index (χ4v) is 1.70. The molecule has 2 unspecified atom stereocenters. The minimum Gasteiger partial charge on any atom is -0.453 e. The van der Waals surface area contributed by atoms with Gasteiger partial charge in [-0.2, -0.15) is 0 Å². The molecule has 0 saturated carbocycles. The number of likely N-dealkylation sites (tertiary alicyclic amines) is 1. The van der Waals surface area contributed by atoms with Gasteiger partial charge in [0, 0.05) is 6.54 Å². The zero-order valence-corrected chi connectivity index (χ0v) is 8.53. The van der Waals surface area contributed by atoms with E-state index in [1.165, 1.54) is 12.0 Å². The van der Waals surface area contributed by atoms with Crippen molar-refractivity contribution in [2.24, 2.45) is 5.73 Å². The van der Waals surface area contributed by atoms with Crippen LogP contribution in [-0.4, -0.2) is 42.5 Å². The van der Waals surface area contributed by atoms with Gasteiger partial charge in [-0.25, -0.2) is 4.79 Å². The van der Waals surface area contributed by atoms with E-state index in [2.05, 4.69) is 4.74 Å². The van der Waals surface area contributed by atoms with Gasteiger partial charge in [-0.1, -0.05) is 0 Å². The molecular formula is C9H16N2O3. The largest absolute Gasteiger partial charge is 0.453 e. The second-order valence-electron chi connectivity index (χ2n) is 3.51. The summed E-state index contributed by atoms with van der Waals surface area (Å²) in [5, 5.41) is 0. The van der Waals surface area contributed by atoms with Crippen molar-refractivity contribution in [1.29, 1.82) is 0 Å². The highest BCUT2D eigenvalue weighted by molar-refractivity contribution is 5.91. The minimum absolute atomic E-state index is 0.0899. The van der Waals surface area contributed by atoms with Crippen LogP contribution in [-0.2, 0) is 9.53 Å². The third-order valence-electron chi connectivity index (χ3n) is 2.44. The first-order chi connectivity index (χ1) is 6.57. The molecule has 1 aliphatic heterocycles. The fourth-order valence-electron chi connectivity index (χ4n) is 1.70. The van der Waals surface area contributed by atoms with E-state index in [4.69, 9.17) is 5.73 Å². The third kappa shape index (κ3) is 2.04. The highest BCUT2D eigenvalue weighted by Crippen LogP contribution is 2.19. The molecule has 2 N–H and O–H groups in total. The molecule has 0 aromatic carbocycles. The van der Waals surface area contributed by atoms with Crippen LogP contribution in [0.25, 0.3) is 0 Å². The molecule has 1 amide bonds. The van der Waals surface area contributed by atoms with Crippen molar-refractivity contribution >= 4 is 11.9 Å². The monoisotopic (exact) mass is 200 g/mol. The van der Waals surface area contributed by atoms with Crippen LogP contribution in [0.4, 0.5) is 4.79 Å². The van der Waals surface area contributed by atoms with Gasteiger partial charge in [-0.05, 0) is 19.8 Å². The molecule has 0 aliphatic carbocycles. The number of hydrogen-bond acceptors (Lipinski definition) is 4. The van der Waals surface area contributed by atoms with Gasteiger partial charge in [0.15, 0.2) is 5.78 Å². The Hall–Kier alpha value is -1.10. The maximum Gasteiger partial charge on any atom is 0.410 e. The fraction of sp³-hybridized carbons (Fsp3) is 0.778. The van der Waals surface area contributed by atoms with Crippen LogP contribution in [0, 0.1) is 0 Å². The second kappa shape index (κ2) is 4.41. The number of amides is 1. The summed E-state index contributed by atoms with van der Waals surface area (Å²) in [5.41, 5.74) is 5.49. The molecule has 0 aromatic heterocycles. The van der Waals surface area contributed by atoms with Gasteiger partial charge >= 0.3 is 6.09 Å². The molecule has 0 aromatic rings. The van der Waals surface area contributed by atoms with Gasteiger partial charge in [0.2, 0.25) is 0 Å². The molecule has 14 heavy (non-hydrogen) atoms. The number of ketones is 1. The number of ether oxygens (including phenoxy) is 1. The lowest BCUT2D eigenvalue weighted by Gasteiger charge is -2.23. The van der Waals surface area contributed by atoms with Crippen LogP contribution < -0.4 is 5.73 Å². The average Bonchev–Trinajstić information content (AvgIpc) is 2.63. The van der Waals surface area contributed by atoms with Crippen LogP contribution in [0.2, 0.25) is 0 Å². The summed E-state index contributed by atoms with van der Waals surface area (Å²) in [7, 11) is 1.31. The van der Waals surface area contributed by atoms with E-state index in [0.717, 1.165) is 6.42 Å². The van der Waals surface area contributed by atoms with Crippen LogP contribution >= 0.6 is 0 Å². The lowest BCUT2D eigenvalue weighted by molar-refractivity contribution is -0.123. The molecule has 2 atom stereocenters. The summed E-state index contributed by atoms with van der Waals surface area (Å²) in [6, 6.07) is -0.910. The van der Waals surface area contributed by atoms with E-state index in [1.807, 2.05) is 0 Å². The number of nitrogens with two attached hydrogens (primary N) is 1. The first-order valence-corrected chi connectivity index (χ1v) is 4.71. The normalized spacial score (nSPS) is 23.4. The maximum atomic E-state index is 11.6. The predicted molar refractivity (Wildman–Crippen MR) is 50.8 cm³/mol. The summed E-state index contributed by atoms with van der Waals surface area (Å²) in [5.74, 6) is -0.0899. The first-order valence-electron chi connectivity index (χ1n) is 4.71. The standard InChI is InChI=1S/C9H16N2O3/c1-6(10)8(12)7-4-3-5-11(7)9(13)14-2/h6-7H,3-5,10H2,1-2H3. The van der Waals surface area contributed by atoms with Crippen LogP contribution in [0.1, 0.15) is 19.8 Å². The predicted octanol–water partition coefficient (Wildman–Crippen LogP) is 0.133. The molecule has 0 bridgehead atoms. The van der Waals surface area contributed by atoms with E-state index in [1.54, 1.807) is 6.92 Å². The summed E-state index contributed by atoms with van der Waals surface area (Å²) in [4.78, 5) is 24.3. The molecule has 1 aliphatic rings. The van der Waals surface area contributed by atoms with Gasteiger partial charge < -0.3 is 10.5 Å². The summed E-state index contributed by atoms with van der Waals surface area (Å²) in [6.45, 7) is 2.21. The van der Waals surface area contributed by atoms with Crippen LogP contribution in [0.5, 0.6) is 0 Å².